The molecule has 0 unspecified atom stereocenters. The molecular formula is C21H20N4O2. The summed E-state index contributed by atoms with van der Waals surface area (Å²) in [7, 11) is 0. The third-order valence-corrected chi connectivity index (χ3v) is 4.72. The number of nitrogens with zero attached hydrogens (tertiary/aromatic N) is 3. The first-order valence-electron chi connectivity index (χ1n) is 9.14. The van der Waals surface area contributed by atoms with Crippen LogP contribution in [0.3, 0.4) is 0 Å². The molecule has 27 heavy (non-hydrogen) atoms. The molecule has 6 nitrogen and oxygen atoms in total. The van der Waals surface area contributed by atoms with E-state index in [0.29, 0.717) is 16.4 Å². The van der Waals surface area contributed by atoms with Crippen LogP contribution in [-0.4, -0.2) is 34.9 Å². The van der Waals surface area contributed by atoms with Crippen LogP contribution in [-0.2, 0) is 0 Å². The number of hydrogen-bond acceptors (Lipinski definition) is 2. The topological polar surface area (TPSA) is 77.9 Å². The first-order chi connectivity index (χ1) is 13.2. The molecule has 0 radical (unpaired) electrons. The highest BCUT2D eigenvalue weighted by molar-refractivity contribution is 5.98. The molecule has 2 aliphatic heterocycles. The van der Waals surface area contributed by atoms with Gasteiger partial charge < -0.3 is 9.88 Å². The molecule has 136 valence electrons. The second kappa shape index (κ2) is 7.53. The zero-order valence-electron chi connectivity index (χ0n) is 14.9. The minimum absolute atomic E-state index is 0.140. The zero-order chi connectivity index (χ0) is 18.6. The van der Waals surface area contributed by atoms with Crippen LogP contribution < -0.4 is 10.7 Å². The van der Waals surface area contributed by atoms with Crippen LogP contribution in [0.1, 0.15) is 29.8 Å². The van der Waals surface area contributed by atoms with Crippen LogP contribution in [0.15, 0.2) is 64.6 Å². The van der Waals surface area contributed by atoms with Gasteiger partial charge in [-0.1, -0.05) is 30.3 Å². The van der Waals surface area contributed by atoms with Gasteiger partial charge in [0.05, 0.1) is 10.7 Å². The van der Waals surface area contributed by atoms with Gasteiger partial charge in [-0.25, -0.2) is 4.79 Å². The molecule has 3 aromatic rings. The molecule has 5 rings (SSSR count). The molecule has 6 heteroatoms. The number of H-pyrrole nitrogens is 1. The van der Waals surface area contributed by atoms with E-state index in [1.54, 1.807) is 12.1 Å². The maximum atomic E-state index is 12.3. The monoisotopic (exact) mass is 360 g/mol. The maximum absolute atomic E-state index is 12.3. The lowest BCUT2D eigenvalue weighted by Crippen LogP contribution is -2.35. The minimum Gasteiger partial charge on any atom is -0.351 e. The van der Waals surface area contributed by atoms with Gasteiger partial charge in [-0.3, -0.25) is 4.79 Å². The second-order valence-corrected chi connectivity index (χ2v) is 6.62. The number of para-hydroxylation sites is 3. The van der Waals surface area contributed by atoms with Gasteiger partial charge in [0, 0.05) is 24.0 Å². The Bertz CT molecular complexity index is 1040. The average Bonchev–Trinajstić information content (AvgIpc) is 3.31. The molecule has 0 bridgehead atoms. The molecule has 3 amide bonds. The van der Waals surface area contributed by atoms with E-state index in [0.717, 1.165) is 36.8 Å². The van der Waals surface area contributed by atoms with Crippen molar-refractivity contribution in [3.63, 3.8) is 0 Å². The van der Waals surface area contributed by atoms with Crippen LogP contribution in [0.4, 0.5) is 4.79 Å². The Morgan fingerprint density at radius 1 is 0.889 bits per heavy atom. The molecule has 0 atom stereocenters. The Morgan fingerprint density at radius 2 is 1.52 bits per heavy atom. The van der Waals surface area contributed by atoms with Crippen LogP contribution in [0.25, 0.3) is 10.9 Å². The van der Waals surface area contributed by atoms with E-state index in [4.69, 9.17) is 0 Å². The number of carbonyl (C=O) groups is 2. The van der Waals surface area contributed by atoms with Gasteiger partial charge in [-0.2, -0.15) is 9.98 Å². The number of piperidine rings is 1. The Balaban J connectivity index is 0.000000153. The summed E-state index contributed by atoms with van der Waals surface area (Å²) in [4.78, 5) is 35.3. The van der Waals surface area contributed by atoms with Crippen molar-refractivity contribution in [2.24, 2.45) is 9.98 Å². The number of carbonyl (C=O) groups excluding carboxylic acids is 2. The molecule has 3 heterocycles. The highest BCUT2D eigenvalue weighted by atomic mass is 16.2. The largest absolute Gasteiger partial charge is 0.368 e. The van der Waals surface area contributed by atoms with Crippen molar-refractivity contribution in [3.05, 3.63) is 71.0 Å². The van der Waals surface area contributed by atoms with E-state index in [-0.39, 0.29) is 5.91 Å². The molecule has 0 aliphatic carbocycles. The molecule has 0 saturated carbocycles. The smallest absolute Gasteiger partial charge is 0.351 e. The zero-order valence-corrected chi connectivity index (χ0v) is 14.9. The minimum atomic E-state index is -0.402. The van der Waals surface area contributed by atoms with E-state index in [1.165, 1.54) is 6.42 Å². The summed E-state index contributed by atoms with van der Waals surface area (Å²) in [5.41, 5.74) is 1.75. The summed E-state index contributed by atoms with van der Waals surface area (Å²) >= 11 is 0. The van der Waals surface area contributed by atoms with E-state index < -0.39 is 6.03 Å². The predicted octanol–water partition coefficient (Wildman–Crippen LogP) is 2.85. The number of fused-ring (bicyclic) bond motifs is 2. The predicted molar refractivity (Wildman–Crippen MR) is 102 cm³/mol. The summed E-state index contributed by atoms with van der Waals surface area (Å²) in [6.07, 6.45) is 3.51. The number of urea groups is 1. The number of likely N-dealkylation sites (tertiary alicyclic amines) is 1. The fourth-order valence-corrected chi connectivity index (χ4v) is 3.34. The van der Waals surface area contributed by atoms with E-state index >= 15 is 0 Å². The standard InChI is InChI=1S/C14H16N2O.C7H4N2O/c17-14(16-8-4-1-5-9-16)13-10-11-6-2-3-7-12(11)15-13;10-7-8-5-3-1-2-4-6(5)9-7/h2-3,6-7,10,15H,1,4-5,8-9H2;1-4H. The van der Waals surface area contributed by atoms with E-state index in [1.807, 2.05) is 47.4 Å². The van der Waals surface area contributed by atoms with Crippen molar-refractivity contribution >= 4 is 22.8 Å². The summed E-state index contributed by atoms with van der Waals surface area (Å²) < 4.78 is 0. The summed E-state index contributed by atoms with van der Waals surface area (Å²) in [6.45, 7) is 1.79. The van der Waals surface area contributed by atoms with Gasteiger partial charge in [0.15, 0.2) is 0 Å². The molecule has 1 saturated heterocycles. The van der Waals surface area contributed by atoms with Gasteiger partial charge in [-0.15, -0.1) is 0 Å². The van der Waals surface area contributed by atoms with Crippen molar-refractivity contribution in [2.45, 2.75) is 19.3 Å². The Hall–Kier alpha value is -3.28. The molecule has 0 spiro atoms. The average molecular weight is 360 g/mol. The molecule has 1 fully saturated rings. The third-order valence-electron chi connectivity index (χ3n) is 4.72. The van der Waals surface area contributed by atoms with Crippen LogP contribution in [0.2, 0.25) is 0 Å². The SMILES string of the molecule is O=C(c1cc2ccccc2[nH]1)N1CCCCC1.O=C1N=c2ccccc2=N1. The highest BCUT2D eigenvalue weighted by Gasteiger charge is 2.19. The summed E-state index contributed by atoms with van der Waals surface area (Å²) in [5, 5.41) is 2.45. The number of benzene rings is 2. The lowest BCUT2D eigenvalue weighted by Gasteiger charge is -2.26. The quantitative estimate of drug-likeness (QED) is 0.724. The van der Waals surface area contributed by atoms with Gasteiger partial charge in [0.1, 0.15) is 5.69 Å². The van der Waals surface area contributed by atoms with Crippen molar-refractivity contribution in [2.75, 3.05) is 13.1 Å². The lowest BCUT2D eigenvalue weighted by atomic mass is 10.1. The fraction of sp³-hybridized carbons (Fsp3) is 0.238. The molecule has 2 aromatic carbocycles. The first kappa shape index (κ1) is 17.1. The molecule has 2 aliphatic rings. The third kappa shape index (κ3) is 3.79. The Kier molecular flexibility index (Phi) is 4.78. The number of amides is 3. The lowest BCUT2D eigenvalue weighted by molar-refractivity contribution is 0.0719. The van der Waals surface area contributed by atoms with E-state index in [2.05, 4.69) is 15.0 Å². The van der Waals surface area contributed by atoms with Crippen LogP contribution in [0.5, 0.6) is 0 Å². The van der Waals surface area contributed by atoms with Crippen molar-refractivity contribution in [3.8, 4) is 0 Å². The van der Waals surface area contributed by atoms with E-state index in [9.17, 15) is 9.59 Å². The molecule has 1 aromatic heterocycles. The number of rotatable bonds is 1. The van der Waals surface area contributed by atoms with Crippen LogP contribution >= 0.6 is 0 Å². The van der Waals surface area contributed by atoms with Crippen LogP contribution in [0, 0.1) is 0 Å². The van der Waals surface area contributed by atoms with Gasteiger partial charge in [-0.05, 0) is 43.5 Å². The maximum Gasteiger partial charge on any atom is 0.368 e. The summed E-state index contributed by atoms with van der Waals surface area (Å²) in [5.74, 6) is 0.140. The first-order valence-corrected chi connectivity index (χ1v) is 9.14. The van der Waals surface area contributed by atoms with Crippen molar-refractivity contribution in [1.29, 1.82) is 0 Å². The Morgan fingerprint density at radius 3 is 2.19 bits per heavy atom. The fourth-order valence-electron chi connectivity index (χ4n) is 3.34. The number of hydrogen-bond donors (Lipinski definition) is 1. The van der Waals surface area contributed by atoms with Crippen molar-refractivity contribution in [1.82, 2.24) is 9.88 Å². The normalized spacial score (nSPS) is 15.4. The van der Waals surface area contributed by atoms with Gasteiger partial charge >= 0.3 is 6.03 Å². The van der Waals surface area contributed by atoms with Crippen molar-refractivity contribution < 1.29 is 9.59 Å². The number of aromatic nitrogens is 1. The highest BCUT2D eigenvalue weighted by Crippen LogP contribution is 2.18. The number of nitrogens with one attached hydrogen (secondary N) is 1. The van der Waals surface area contributed by atoms with Gasteiger partial charge in [0.2, 0.25) is 0 Å². The Labute approximate surface area is 156 Å². The summed E-state index contributed by atoms with van der Waals surface area (Å²) in [6, 6.07) is 16.7. The second-order valence-electron chi connectivity index (χ2n) is 6.62. The molecular weight excluding hydrogens is 340 g/mol. The van der Waals surface area contributed by atoms with Gasteiger partial charge in [0.25, 0.3) is 5.91 Å². The number of aromatic amines is 1. The molecule has 1 N–H and O–H groups in total.